The van der Waals surface area contributed by atoms with Crippen molar-refractivity contribution in [3.05, 3.63) is 52.9 Å². The van der Waals surface area contributed by atoms with Gasteiger partial charge in [0.05, 0.1) is 12.4 Å². The highest BCUT2D eigenvalue weighted by Crippen LogP contribution is 2.35. The van der Waals surface area contributed by atoms with E-state index in [4.69, 9.17) is 10.5 Å². The number of nitrogens with one attached hydrogen (secondary N) is 2. The molecule has 150 valence electrons. The van der Waals surface area contributed by atoms with Gasteiger partial charge in [0.25, 0.3) is 5.82 Å². The number of anilines is 2. The maximum absolute atomic E-state index is 12.4. The van der Waals surface area contributed by atoms with Crippen molar-refractivity contribution < 1.29 is 14.5 Å². The molecule has 0 fully saturated rings. The normalized spacial score (nSPS) is 10.1. The number of amides is 1. The second-order valence-electron chi connectivity index (χ2n) is 5.99. The summed E-state index contributed by atoms with van der Waals surface area (Å²) >= 11 is 2.56. The second kappa shape index (κ2) is 9.79. The standard InChI is InChI=1S/C21H17N5O2S2/c1-2-28-14-6-3-5-13(9-14)25-18(27)12-30-21-16(11-23)19(17-7-4-8-29-17)15(10-22)20(24)26-21/h3-9H,2,12H2,1H3,(H2,24,26)(H,25,27)/p+1. The van der Waals surface area contributed by atoms with Crippen LogP contribution >= 0.6 is 23.1 Å². The van der Waals surface area contributed by atoms with Gasteiger partial charge in [0.15, 0.2) is 10.6 Å². The number of nitrogen functional groups attached to an aromatic ring is 1. The molecule has 0 aliphatic carbocycles. The van der Waals surface area contributed by atoms with E-state index < -0.39 is 0 Å². The van der Waals surface area contributed by atoms with Crippen LogP contribution in [-0.2, 0) is 4.79 Å². The number of thioether (sulfide) groups is 1. The molecule has 30 heavy (non-hydrogen) atoms. The smallest absolute Gasteiger partial charge is 0.289 e. The van der Waals surface area contributed by atoms with Gasteiger partial charge in [-0.25, -0.2) is 4.98 Å². The zero-order valence-corrected chi connectivity index (χ0v) is 17.7. The molecule has 0 aliphatic heterocycles. The number of hydrogen-bond donors (Lipinski definition) is 2. The van der Waals surface area contributed by atoms with Crippen molar-refractivity contribution in [3.8, 4) is 28.3 Å². The maximum Gasteiger partial charge on any atom is 0.289 e. The Hall–Kier alpha value is -3.53. The summed E-state index contributed by atoms with van der Waals surface area (Å²) in [5.41, 5.74) is 7.64. The number of nitrogens with two attached hydrogens (primary N) is 1. The summed E-state index contributed by atoms with van der Waals surface area (Å²) in [6.07, 6.45) is 0. The number of ether oxygens (including phenoxy) is 1. The Balaban J connectivity index is 1.82. The topological polar surface area (TPSA) is 126 Å². The first-order valence-electron chi connectivity index (χ1n) is 8.95. The summed E-state index contributed by atoms with van der Waals surface area (Å²) in [7, 11) is 0. The highest BCUT2D eigenvalue weighted by atomic mass is 32.2. The third-order valence-corrected chi connectivity index (χ3v) is 5.90. The molecular weight excluding hydrogens is 418 g/mol. The van der Waals surface area contributed by atoms with Gasteiger partial charge in [-0.3, -0.25) is 10.5 Å². The average Bonchev–Trinajstić information content (AvgIpc) is 3.26. The Bertz CT molecular complexity index is 1150. The van der Waals surface area contributed by atoms with E-state index >= 15 is 0 Å². The molecule has 0 aliphatic rings. The zero-order valence-electron chi connectivity index (χ0n) is 16.1. The number of rotatable bonds is 7. The zero-order chi connectivity index (χ0) is 21.5. The fourth-order valence-corrected chi connectivity index (χ4v) is 4.39. The van der Waals surface area contributed by atoms with E-state index in [1.165, 1.54) is 11.3 Å². The van der Waals surface area contributed by atoms with Gasteiger partial charge in [-0.05, 0) is 30.5 Å². The third-order valence-electron chi connectivity index (χ3n) is 4.01. The van der Waals surface area contributed by atoms with Crippen LogP contribution in [0.25, 0.3) is 10.4 Å². The number of benzene rings is 1. The van der Waals surface area contributed by atoms with Crippen molar-refractivity contribution >= 4 is 40.5 Å². The van der Waals surface area contributed by atoms with Crippen molar-refractivity contribution in [3.63, 3.8) is 0 Å². The number of nitriles is 2. The molecule has 0 spiro atoms. The van der Waals surface area contributed by atoms with Crippen LogP contribution in [0.4, 0.5) is 11.5 Å². The maximum atomic E-state index is 12.4. The number of aromatic nitrogens is 1. The monoisotopic (exact) mass is 436 g/mol. The van der Waals surface area contributed by atoms with Crippen molar-refractivity contribution in [1.82, 2.24) is 0 Å². The number of aromatic amines is 1. The number of carbonyl (C=O) groups is 1. The predicted molar refractivity (Wildman–Crippen MR) is 117 cm³/mol. The average molecular weight is 437 g/mol. The van der Waals surface area contributed by atoms with Crippen LogP contribution in [0.15, 0.2) is 46.8 Å². The Morgan fingerprint density at radius 2 is 2.07 bits per heavy atom. The van der Waals surface area contributed by atoms with Crippen LogP contribution in [0.5, 0.6) is 5.75 Å². The molecule has 2 aromatic heterocycles. The van der Waals surface area contributed by atoms with E-state index in [0.29, 0.717) is 34.2 Å². The van der Waals surface area contributed by atoms with Gasteiger partial charge >= 0.3 is 0 Å². The van der Waals surface area contributed by atoms with E-state index in [1.807, 2.05) is 30.5 Å². The van der Waals surface area contributed by atoms with Crippen molar-refractivity contribution in [1.29, 1.82) is 10.5 Å². The van der Waals surface area contributed by atoms with E-state index in [1.54, 1.807) is 18.2 Å². The summed E-state index contributed by atoms with van der Waals surface area (Å²) in [5.74, 6) is 0.640. The largest absolute Gasteiger partial charge is 0.494 e. The number of H-pyrrole nitrogens is 1. The van der Waals surface area contributed by atoms with Crippen LogP contribution in [0.1, 0.15) is 18.1 Å². The van der Waals surface area contributed by atoms with Crippen molar-refractivity contribution in [2.45, 2.75) is 11.9 Å². The first kappa shape index (κ1) is 21.2. The molecule has 0 radical (unpaired) electrons. The number of carbonyl (C=O) groups excluding carboxylic acids is 1. The second-order valence-corrected chi connectivity index (χ2v) is 7.92. The molecular formula is C21H18N5O2S2+. The molecule has 0 bridgehead atoms. The van der Waals surface area contributed by atoms with Gasteiger partial charge in [0, 0.05) is 22.2 Å². The predicted octanol–water partition coefficient (Wildman–Crippen LogP) is 3.68. The SMILES string of the molecule is CCOc1cccc(NC(=O)CSc2[nH+]c(N)c(C#N)c(-c3cccs3)c2C#N)c1. The van der Waals surface area contributed by atoms with E-state index in [9.17, 15) is 15.3 Å². The van der Waals surface area contributed by atoms with Gasteiger partial charge in [0.1, 0.15) is 23.5 Å². The Morgan fingerprint density at radius 1 is 1.27 bits per heavy atom. The Labute approximate surface area is 182 Å². The fourth-order valence-electron chi connectivity index (χ4n) is 2.78. The summed E-state index contributed by atoms with van der Waals surface area (Å²) in [4.78, 5) is 16.1. The lowest BCUT2D eigenvalue weighted by atomic mass is 10.0. The summed E-state index contributed by atoms with van der Waals surface area (Å²) in [5, 5.41) is 24.4. The molecule has 3 rings (SSSR count). The molecule has 1 aromatic carbocycles. The number of thiophene rings is 1. The highest BCUT2D eigenvalue weighted by molar-refractivity contribution is 7.99. The molecule has 0 atom stereocenters. The molecule has 0 unspecified atom stereocenters. The lowest BCUT2D eigenvalue weighted by Gasteiger charge is -2.09. The first-order chi connectivity index (χ1) is 14.6. The van der Waals surface area contributed by atoms with Crippen LogP contribution in [0.2, 0.25) is 0 Å². The Morgan fingerprint density at radius 3 is 2.73 bits per heavy atom. The van der Waals surface area contributed by atoms with Crippen LogP contribution in [0.3, 0.4) is 0 Å². The summed E-state index contributed by atoms with van der Waals surface area (Å²) < 4.78 is 5.43. The van der Waals surface area contributed by atoms with E-state index in [0.717, 1.165) is 16.6 Å². The van der Waals surface area contributed by atoms with Crippen LogP contribution in [-0.4, -0.2) is 18.3 Å². The summed E-state index contributed by atoms with van der Waals surface area (Å²) in [6, 6.07) is 15.0. The number of pyridine rings is 1. The van der Waals surface area contributed by atoms with Gasteiger partial charge in [-0.1, -0.05) is 23.9 Å². The summed E-state index contributed by atoms with van der Waals surface area (Å²) in [6.45, 7) is 2.42. The number of nitrogens with zero attached hydrogens (tertiary/aromatic N) is 2. The quantitative estimate of drug-likeness (QED) is 0.544. The van der Waals surface area contributed by atoms with Gasteiger partial charge in [-0.2, -0.15) is 10.5 Å². The molecule has 2 heterocycles. The van der Waals surface area contributed by atoms with Crippen LogP contribution in [0, 0.1) is 22.7 Å². The van der Waals surface area contributed by atoms with E-state index in [2.05, 4.69) is 22.4 Å². The number of hydrogen-bond acceptors (Lipinski definition) is 7. The van der Waals surface area contributed by atoms with Crippen LogP contribution < -0.4 is 20.8 Å². The molecule has 1 amide bonds. The van der Waals surface area contributed by atoms with Gasteiger partial charge in [0.2, 0.25) is 5.91 Å². The lowest BCUT2D eigenvalue weighted by molar-refractivity contribution is -0.410. The molecule has 9 heteroatoms. The highest BCUT2D eigenvalue weighted by Gasteiger charge is 2.24. The minimum absolute atomic E-state index is 0.0548. The molecule has 0 saturated carbocycles. The fraction of sp³-hybridized carbons (Fsp3) is 0.143. The minimum atomic E-state index is -0.244. The first-order valence-corrected chi connectivity index (χ1v) is 10.8. The lowest BCUT2D eigenvalue weighted by Crippen LogP contribution is -2.20. The Kier molecular flexibility index (Phi) is 6.91. The third kappa shape index (κ3) is 4.71. The van der Waals surface area contributed by atoms with Gasteiger partial charge in [-0.15, -0.1) is 11.3 Å². The van der Waals surface area contributed by atoms with Gasteiger partial charge < -0.3 is 10.1 Å². The van der Waals surface area contributed by atoms with Crippen molar-refractivity contribution in [2.24, 2.45) is 0 Å². The molecule has 7 nitrogen and oxygen atoms in total. The molecule has 3 aromatic rings. The van der Waals surface area contributed by atoms with Crippen molar-refractivity contribution in [2.75, 3.05) is 23.4 Å². The minimum Gasteiger partial charge on any atom is -0.494 e. The molecule has 4 N–H and O–H groups in total. The van der Waals surface area contributed by atoms with E-state index in [-0.39, 0.29) is 23.0 Å². The molecule has 0 saturated heterocycles.